The zero-order valence-electron chi connectivity index (χ0n) is 25.6. The fourth-order valence-electron chi connectivity index (χ4n) is 6.47. The van der Waals surface area contributed by atoms with Crippen molar-refractivity contribution in [2.24, 2.45) is 7.05 Å². The first-order valence-corrected chi connectivity index (χ1v) is 15.1. The van der Waals surface area contributed by atoms with E-state index in [4.69, 9.17) is 19.3 Å². The zero-order valence-corrected chi connectivity index (χ0v) is 25.6. The molecule has 3 heterocycles. The Hall–Kier alpha value is -4.36. The van der Waals surface area contributed by atoms with Gasteiger partial charge >= 0.3 is 5.97 Å². The topological polar surface area (TPSA) is 67.5 Å². The summed E-state index contributed by atoms with van der Waals surface area (Å²) < 4.78 is 22.1. The van der Waals surface area contributed by atoms with Crippen LogP contribution in [0.2, 0.25) is 0 Å². The second-order valence-electron chi connectivity index (χ2n) is 11.3. The highest BCUT2D eigenvalue weighted by atomic mass is 16.5. The highest BCUT2D eigenvalue weighted by Gasteiger charge is 2.30. The minimum Gasteiger partial charge on any atom is -0.493 e. The third-order valence-corrected chi connectivity index (χ3v) is 8.49. The van der Waals surface area contributed by atoms with Gasteiger partial charge in [0.2, 0.25) is 0 Å². The van der Waals surface area contributed by atoms with Gasteiger partial charge in [-0.1, -0.05) is 67.6 Å². The summed E-state index contributed by atoms with van der Waals surface area (Å²) >= 11 is 0. The summed E-state index contributed by atoms with van der Waals surface area (Å²) in [6.45, 7) is 10.5. The van der Waals surface area contributed by atoms with E-state index in [1.807, 2.05) is 55.9 Å². The molecule has 3 aromatic carbocycles. The largest absolute Gasteiger partial charge is 0.493 e. The molecule has 0 bridgehead atoms. The van der Waals surface area contributed by atoms with Gasteiger partial charge in [-0.15, -0.1) is 0 Å². The first kappa shape index (κ1) is 28.7. The molecule has 0 N–H and O–H groups in total. The Morgan fingerprint density at radius 3 is 2.67 bits per heavy atom. The molecular formula is C36H39N3O4. The molecule has 43 heavy (non-hydrogen) atoms. The second kappa shape index (κ2) is 12.1. The van der Waals surface area contributed by atoms with E-state index in [1.54, 1.807) is 0 Å². The van der Waals surface area contributed by atoms with Crippen LogP contribution >= 0.6 is 0 Å². The molecule has 7 nitrogen and oxygen atoms in total. The highest BCUT2D eigenvalue weighted by molar-refractivity contribution is 6.06. The number of aromatic nitrogens is 3. The fourth-order valence-corrected chi connectivity index (χ4v) is 6.47. The molecule has 7 heteroatoms. The van der Waals surface area contributed by atoms with Gasteiger partial charge in [-0.05, 0) is 55.7 Å². The smallest absolute Gasteiger partial charge is 0.355 e. The van der Waals surface area contributed by atoms with Crippen LogP contribution in [0.25, 0.3) is 32.8 Å². The predicted octanol–water partition coefficient (Wildman–Crippen LogP) is 7.65. The molecular weight excluding hydrogens is 538 g/mol. The van der Waals surface area contributed by atoms with E-state index in [9.17, 15) is 4.79 Å². The molecule has 222 valence electrons. The molecule has 1 atom stereocenters. The lowest BCUT2D eigenvalue weighted by molar-refractivity contribution is 0.0513. The van der Waals surface area contributed by atoms with Crippen molar-refractivity contribution in [1.82, 2.24) is 14.3 Å². The maximum absolute atomic E-state index is 13.8. The lowest BCUT2D eigenvalue weighted by Gasteiger charge is -2.16. The Labute approximate surface area is 252 Å². The van der Waals surface area contributed by atoms with Crippen LogP contribution in [-0.4, -0.2) is 40.1 Å². The van der Waals surface area contributed by atoms with E-state index in [2.05, 4.69) is 54.8 Å². The molecule has 0 aliphatic carbocycles. The first-order valence-electron chi connectivity index (χ1n) is 15.1. The number of fused-ring (bicyclic) bond motifs is 3. The Kier molecular flexibility index (Phi) is 8.08. The van der Waals surface area contributed by atoms with Gasteiger partial charge in [0.1, 0.15) is 11.4 Å². The molecule has 0 saturated heterocycles. The summed E-state index contributed by atoms with van der Waals surface area (Å²) in [5.74, 6) is 0.600. The number of carbonyl (C=O) groups is 1. The van der Waals surface area contributed by atoms with Crippen LogP contribution in [0.4, 0.5) is 0 Å². The van der Waals surface area contributed by atoms with Crippen LogP contribution in [0, 0.1) is 13.8 Å². The summed E-state index contributed by atoms with van der Waals surface area (Å²) in [6, 6.07) is 18.7. The van der Waals surface area contributed by atoms with E-state index in [0.717, 1.165) is 67.5 Å². The van der Waals surface area contributed by atoms with Crippen molar-refractivity contribution in [2.45, 2.75) is 53.2 Å². The Morgan fingerprint density at radius 1 is 1.02 bits per heavy atom. The average Bonchev–Trinajstić information content (AvgIpc) is 3.46. The van der Waals surface area contributed by atoms with E-state index in [1.165, 1.54) is 0 Å². The van der Waals surface area contributed by atoms with Gasteiger partial charge < -0.3 is 18.8 Å². The molecule has 0 fully saturated rings. The van der Waals surface area contributed by atoms with Crippen LogP contribution in [0.1, 0.15) is 59.2 Å². The van der Waals surface area contributed by atoms with Gasteiger partial charge in [0.25, 0.3) is 0 Å². The number of carbonyl (C=O) groups excluding carboxylic acids is 1. The number of nitrogens with zero attached hydrogens (tertiary/aromatic N) is 3. The summed E-state index contributed by atoms with van der Waals surface area (Å²) in [5.41, 5.74) is 7.88. The van der Waals surface area contributed by atoms with Gasteiger partial charge in [0.05, 0.1) is 43.3 Å². The third-order valence-electron chi connectivity index (χ3n) is 8.49. The normalized spacial score (nSPS) is 14.7. The number of allylic oxidation sites excluding steroid dienone is 1. The Balaban J connectivity index is 1.49. The van der Waals surface area contributed by atoms with Crippen LogP contribution in [0.15, 0.2) is 66.7 Å². The van der Waals surface area contributed by atoms with E-state index < -0.39 is 0 Å². The summed E-state index contributed by atoms with van der Waals surface area (Å²) in [6.07, 6.45) is 4.83. The minimum absolute atomic E-state index is 0.0309. The van der Waals surface area contributed by atoms with Gasteiger partial charge in [-0.25, -0.2) is 4.79 Å². The SMILES string of the molecule is CCOC(=O)c1c(C(C)CCOc2cccc3ccccc23)c2ccc(C)c3c2n1C/C=C\COCc1c-3c(C)nn1C. The Morgan fingerprint density at radius 2 is 1.84 bits per heavy atom. The standard InChI is InChI=1S/C36H39N3O4/c1-6-42-36(40)35-31(24(3)18-21-43-30-15-11-13-26-12-7-8-14-27(26)30)28-17-16-23(2)32-33-25(4)37-38(5)29(33)22-41-20-10-9-19-39(35)34(28)32/h7-17,24H,6,18-22H2,1-5H3/b10-9-. The zero-order chi connectivity index (χ0) is 30.1. The van der Waals surface area contributed by atoms with Gasteiger partial charge in [-0.2, -0.15) is 5.10 Å². The first-order chi connectivity index (χ1) is 20.9. The quantitative estimate of drug-likeness (QED) is 0.147. The van der Waals surface area contributed by atoms with E-state index in [-0.39, 0.29) is 11.9 Å². The molecule has 1 unspecified atom stereocenters. The monoisotopic (exact) mass is 577 g/mol. The Bertz CT molecular complexity index is 1840. The van der Waals surface area contributed by atoms with Crippen molar-refractivity contribution in [3.05, 3.63) is 95.0 Å². The van der Waals surface area contributed by atoms with E-state index >= 15 is 0 Å². The molecule has 2 aromatic heterocycles. The van der Waals surface area contributed by atoms with Crippen LogP contribution in [0.5, 0.6) is 5.75 Å². The molecule has 0 saturated carbocycles. The van der Waals surface area contributed by atoms with Crippen molar-refractivity contribution < 1.29 is 19.0 Å². The van der Waals surface area contributed by atoms with Crippen LogP contribution in [0.3, 0.4) is 0 Å². The molecule has 0 amide bonds. The maximum Gasteiger partial charge on any atom is 0.355 e. The molecule has 0 spiro atoms. The lowest BCUT2D eigenvalue weighted by atomic mass is 9.91. The summed E-state index contributed by atoms with van der Waals surface area (Å²) in [5, 5.41) is 8.09. The average molecular weight is 578 g/mol. The van der Waals surface area contributed by atoms with Crippen molar-refractivity contribution in [3.63, 3.8) is 0 Å². The van der Waals surface area contributed by atoms with Crippen LogP contribution in [-0.2, 0) is 29.7 Å². The van der Waals surface area contributed by atoms with E-state index in [0.29, 0.717) is 38.7 Å². The summed E-state index contributed by atoms with van der Waals surface area (Å²) in [7, 11) is 1.96. The van der Waals surface area contributed by atoms with Gasteiger partial charge in [0.15, 0.2) is 0 Å². The van der Waals surface area contributed by atoms with Crippen molar-refractivity contribution in [1.29, 1.82) is 0 Å². The maximum atomic E-state index is 13.8. The third kappa shape index (κ3) is 5.23. The molecule has 5 aromatic rings. The number of esters is 1. The van der Waals surface area contributed by atoms with Crippen LogP contribution < -0.4 is 4.74 Å². The lowest BCUT2D eigenvalue weighted by Crippen LogP contribution is -2.16. The number of aryl methyl sites for hydroxylation is 3. The number of hydrogen-bond donors (Lipinski definition) is 0. The minimum atomic E-state index is -0.304. The fraction of sp³-hybridized carbons (Fsp3) is 0.333. The van der Waals surface area contributed by atoms with Crippen molar-refractivity contribution in [3.8, 4) is 16.9 Å². The number of ether oxygens (including phenoxy) is 3. The number of hydrogen-bond acceptors (Lipinski definition) is 5. The summed E-state index contributed by atoms with van der Waals surface area (Å²) in [4.78, 5) is 13.8. The molecule has 1 aliphatic rings. The predicted molar refractivity (Wildman–Crippen MR) is 171 cm³/mol. The number of benzene rings is 3. The van der Waals surface area contributed by atoms with Crippen molar-refractivity contribution in [2.75, 3.05) is 19.8 Å². The van der Waals surface area contributed by atoms with Crippen molar-refractivity contribution >= 4 is 27.6 Å². The number of rotatable bonds is 7. The van der Waals surface area contributed by atoms with Gasteiger partial charge in [-0.3, -0.25) is 4.68 Å². The molecule has 6 rings (SSSR count). The highest BCUT2D eigenvalue weighted by Crippen LogP contribution is 2.43. The van der Waals surface area contributed by atoms with Gasteiger partial charge in [0, 0.05) is 35.5 Å². The molecule has 1 aliphatic heterocycles. The second-order valence-corrected chi connectivity index (χ2v) is 11.3. The molecule has 0 radical (unpaired) electrons.